The topological polar surface area (TPSA) is 53.4 Å². The highest BCUT2D eigenvalue weighted by atomic mass is 79.9. The number of aromatic nitrogens is 1. The van der Waals surface area contributed by atoms with Crippen LogP contribution in [0.2, 0.25) is 0 Å². The minimum Gasteiger partial charge on any atom is -0.395 e. The molecule has 1 N–H and O–H groups in total. The summed E-state index contributed by atoms with van der Waals surface area (Å²) in [5.74, 6) is -0.0801. The Morgan fingerprint density at radius 2 is 2.17 bits per heavy atom. The van der Waals surface area contributed by atoms with Gasteiger partial charge in [0.05, 0.1) is 6.61 Å². The first-order valence-corrected chi connectivity index (χ1v) is 7.05. The number of carbonyl (C=O) groups is 1. The summed E-state index contributed by atoms with van der Waals surface area (Å²) in [6, 6.07) is 3.78. The molecule has 0 aliphatic heterocycles. The fourth-order valence-electron chi connectivity index (χ4n) is 2.42. The first-order chi connectivity index (χ1) is 8.72. The number of pyridine rings is 1. The number of aliphatic hydroxyl groups is 1. The third-order valence-electron chi connectivity index (χ3n) is 3.31. The first-order valence-electron chi connectivity index (χ1n) is 6.26. The van der Waals surface area contributed by atoms with Gasteiger partial charge in [0.25, 0.3) is 5.91 Å². The van der Waals surface area contributed by atoms with Crippen molar-refractivity contribution in [3.63, 3.8) is 0 Å². The average Bonchev–Trinajstić information content (AvgIpc) is 2.90. The van der Waals surface area contributed by atoms with Gasteiger partial charge in [-0.3, -0.25) is 4.79 Å². The van der Waals surface area contributed by atoms with Gasteiger partial charge in [0, 0.05) is 23.3 Å². The van der Waals surface area contributed by atoms with Crippen LogP contribution in [0.3, 0.4) is 0 Å². The summed E-state index contributed by atoms with van der Waals surface area (Å²) >= 11 is 3.30. The highest BCUT2D eigenvalue weighted by Gasteiger charge is 2.27. The van der Waals surface area contributed by atoms with Crippen LogP contribution in [-0.2, 0) is 0 Å². The van der Waals surface area contributed by atoms with E-state index >= 15 is 0 Å². The van der Waals surface area contributed by atoms with Crippen LogP contribution in [-0.4, -0.2) is 40.1 Å². The number of nitrogens with zero attached hydrogens (tertiary/aromatic N) is 2. The predicted molar refractivity (Wildman–Crippen MR) is 72.3 cm³/mol. The lowest BCUT2D eigenvalue weighted by molar-refractivity contribution is 0.0632. The molecule has 0 spiro atoms. The second-order valence-corrected chi connectivity index (χ2v) is 5.44. The van der Waals surface area contributed by atoms with Crippen molar-refractivity contribution in [2.45, 2.75) is 31.7 Å². The van der Waals surface area contributed by atoms with E-state index in [0.29, 0.717) is 12.2 Å². The molecule has 1 aliphatic carbocycles. The lowest BCUT2D eigenvalue weighted by atomic mass is 10.2. The van der Waals surface area contributed by atoms with Gasteiger partial charge in [0.1, 0.15) is 5.69 Å². The van der Waals surface area contributed by atoms with Crippen molar-refractivity contribution in [1.82, 2.24) is 9.88 Å². The zero-order chi connectivity index (χ0) is 13.0. The third-order valence-corrected chi connectivity index (χ3v) is 3.78. The van der Waals surface area contributed by atoms with Crippen molar-refractivity contribution >= 4 is 21.8 Å². The van der Waals surface area contributed by atoms with Gasteiger partial charge in [0.2, 0.25) is 0 Å². The molecule has 1 heterocycles. The summed E-state index contributed by atoms with van der Waals surface area (Å²) in [4.78, 5) is 18.3. The van der Waals surface area contributed by atoms with E-state index in [-0.39, 0.29) is 18.6 Å². The van der Waals surface area contributed by atoms with E-state index in [1.165, 1.54) is 0 Å². The van der Waals surface area contributed by atoms with Crippen LogP contribution in [0.1, 0.15) is 36.2 Å². The summed E-state index contributed by atoms with van der Waals surface area (Å²) in [7, 11) is 0. The third kappa shape index (κ3) is 3.09. The lowest BCUT2D eigenvalue weighted by Gasteiger charge is -2.28. The Bertz CT molecular complexity index is 402. The molecule has 5 heteroatoms. The SMILES string of the molecule is O=C(c1ccc(Br)cn1)N(CCO)C1CCCC1. The van der Waals surface area contributed by atoms with E-state index in [1.807, 2.05) is 6.07 Å². The number of amides is 1. The van der Waals surface area contributed by atoms with Gasteiger partial charge in [-0.05, 0) is 40.9 Å². The molecule has 18 heavy (non-hydrogen) atoms. The molecule has 2 rings (SSSR count). The van der Waals surface area contributed by atoms with E-state index in [2.05, 4.69) is 20.9 Å². The predicted octanol–water partition coefficient (Wildman–Crippen LogP) is 2.22. The molecule has 1 aromatic heterocycles. The molecular formula is C13H17BrN2O2. The van der Waals surface area contributed by atoms with E-state index in [1.54, 1.807) is 17.2 Å². The van der Waals surface area contributed by atoms with Gasteiger partial charge in [-0.1, -0.05) is 12.8 Å². The molecule has 1 saturated carbocycles. The van der Waals surface area contributed by atoms with Gasteiger partial charge in [-0.25, -0.2) is 4.98 Å². The van der Waals surface area contributed by atoms with Gasteiger partial charge < -0.3 is 10.0 Å². The molecule has 1 aliphatic rings. The summed E-state index contributed by atoms with van der Waals surface area (Å²) in [5.41, 5.74) is 0.443. The van der Waals surface area contributed by atoms with Crippen LogP contribution < -0.4 is 0 Å². The average molecular weight is 313 g/mol. The zero-order valence-corrected chi connectivity index (χ0v) is 11.8. The Morgan fingerprint density at radius 1 is 1.44 bits per heavy atom. The Morgan fingerprint density at radius 3 is 2.72 bits per heavy atom. The molecule has 0 atom stereocenters. The van der Waals surface area contributed by atoms with Crippen LogP contribution in [0.15, 0.2) is 22.8 Å². The second kappa shape index (κ2) is 6.29. The van der Waals surface area contributed by atoms with E-state index in [9.17, 15) is 4.79 Å². The van der Waals surface area contributed by atoms with Crippen LogP contribution in [0, 0.1) is 0 Å². The van der Waals surface area contributed by atoms with Crippen molar-refractivity contribution in [1.29, 1.82) is 0 Å². The molecule has 1 amide bonds. The quantitative estimate of drug-likeness (QED) is 0.927. The molecule has 0 bridgehead atoms. The van der Waals surface area contributed by atoms with Gasteiger partial charge in [-0.2, -0.15) is 0 Å². The summed E-state index contributed by atoms with van der Waals surface area (Å²) < 4.78 is 0.855. The molecule has 1 fully saturated rings. The summed E-state index contributed by atoms with van der Waals surface area (Å²) in [6.07, 6.45) is 6.00. The lowest BCUT2D eigenvalue weighted by Crippen LogP contribution is -2.41. The van der Waals surface area contributed by atoms with Crippen LogP contribution in [0.25, 0.3) is 0 Å². The van der Waals surface area contributed by atoms with E-state index < -0.39 is 0 Å². The molecule has 98 valence electrons. The minimum atomic E-state index is -0.0801. The largest absolute Gasteiger partial charge is 0.395 e. The number of hydrogen-bond donors (Lipinski definition) is 1. The van der Waals surface area contributed by atoms with Crippen molar-refractivity contribution < 1.29 is 9.90 Å². The maximum atomic E-state index is 12.4. The maximum Gasteiger partial charge on any atom is 0.272 e. The number of hydrogen-bond acceptors (Lipinski definition) is 3. The monoisotopic (exact) mass is 312 g/mol. The van der Waals surface area contributed by atoms with Crippen LogP contribution >= 0.6 is 15.9 Å². The van der Waals surface area contributed by atoms with Crippen LogP contribution in [0.4, 0.5) is 0 Å². The van der Waals surface area contributed by atoms with Gasteiger partial charge in [0.15, 0.2) is 0 Å². The highest BCUT2D eigenvalue weighted by molar-refractivity contribution is 9.10. The second-order valence-electron chi connectivity index (χ2n) is 4.52. The molecule has 0 radical (unpaired) electrons. The molecule has 0 unspecified atom stereocenters. The highest BCUT2D eigenvalue weighted by Crippen LogP contribution is 2.24. The maximum absolute atomic E-state index is 12.4. The molecule has 4 nitrogen and oxygen atoms in total. The van der Waals surface area contributed by atoms with E-state index in [0.717, 1.165) is 30.2 Å². The smallest absolute Gasteiger partial charge is 0.272 e. The molecule has 0 aromatic carbocycles. The van der Waals surface area contributed by atoms with Crippen molar-refractivity contribution in [2.24, 2.45) is 0 Å². The molecule has 0 saturated heterocycles. The number of halogens is 1. The number of carbonyl (C=O) groups excluding carboxylic acids is 1. The summed E-state index contributed by atoms with van der Waals surface area (Å²) in [6.45, 7) is 0.389. The number of rotatable bonds is 4. The van der Waals surface area contributed by atoms with Gasteiger partial charge in [-0.15, -0.1) is 0 Å². The minimum absolute atomic E-state index is 0.00122. The van der Waals surface area contributed by atoms with Crippen molar-refractivity contribution in [2.75, 3.05) is 13.2 Å². The van der Waals surface area contributed by atoms with Gasteiger partial charge >= 0.3 is 0 Å². The normalized spacial score (nSPS) is 15.9. The zero-order valence-electron chi connectivity index (χ0n) is 10.2. The van der Waals surface area contributed by atoms with Crippen molar-refractivity contribution in [3.8, 4) is 0 Å². The Labute approximate surface area is 115 Å². The van der Waals surface area contributed by atoms with E-state index in [4.69, 9.17) is 5.11 Å². The molecule has 1 aromatic rings. The standard InChI is InChI=1S/C13H17BrN2O2/c14-10-5-6-12(15-9-10)13(18)16(7-8-17)11-3-1-2-4-11/h5-6,9,11,17H,1-4,7-8H2. The Hall–Kier alpha value is -0.940. The number of aliphatic hydroxyl groups excluding tert-OH is 1. The summed E-state index contributed by atoms with van der Waals surface area (Å²) in [5, 5.41) is 9.12. The Balaban J connectivity index is 2.14. The molecular weight excluding hydrogens is 296 g/mol. The van der Waals surface area contributed by atoms with Crippen molar-refractivity contribution in [3.05, 3.63) is 28.5 Å². The fraction of sp³-hybridized carbons (Fsp3) is 0.538. The first kappa shape index (κ1) is 13.5. The fourth-order valence-corrected chi connectivity index (χ4v) is 2.66. The Kier molecular flexibility index (Phi) is 4.72. The van der Waals surface area contributed by atoms with Crippen LogP contribution in [0.5, 0.6) is 0 Å².